The standard InChI is InChI=1S/C14H12BrNO2/c1-9-6-7-12(11(15)8-9)16-14(18)10-4-2-3-5-13(10)17/h2-8,17H,1H3,(H,16,18). The number of aryl methyl sites for hydroxylation is 1. The highest BCUT2D eigenvalue weighted by atomic mass is 79.9. The molecule has 0 aliphatic carbocycles. The molecule has 2 rings (SSSR count). The van der Waals surface area contributed by atoms with Gasteiger partial charge in [-0.2, -0.15) is 0 Å². The summed E-state index contributed by atoms with van der Waals surface area (Å²) in [5, 5.41) is 12.3. The second kappa shape index (κ2) is 5.23. The first-order valence-corrected chi connectivity index (χ1v) is 6.23. The predicted octanol–water partition coefficient (Wildman–Crippen LogP) is 3.72. The number of phenols is 1. The third kappa shape index (κ3) is 2.71. The molecule has 2 aromatic rings. The van der Waals surface area contributed by atoms with E-state index in [2.05, 4.69) is 21.2 Å². The first kappa shape index (κ1) is 12.6. The number of nitrogens with one attached hydrogen (secondary N) is 1. The van der Waals surface area contributed by atoms with Crippen LogP contribution in [0.3, 0.4) is 0 Å². The van der Waals surface area contributed by atoms with Gasteiger partial charge in [0.15, 0.2) is 0 Å². The van der Waals surface area contributed by atoms with Crippen molar-refractivity contribution in [1.82, 2.24) is 0 Å². The summed E-state index contributed by atoms with van der Waals surface area (Å²) in [5.74, 6) is -0.365. The molecule has 4 heteroatoms. The maximum Gasteiger partial charge on any atom is 0.259 e. The second-order valence-corrected chi connectivity index (χ2v) is 4.81. The van der Waals surface area contributed by atoms with Crippen LogP contribution in [0.15, 0.2) is 46.9 Å². The van der Waals surface area contributed by atoms with Crippen LogP contribution in [0.1, 0.15) is 15.9 Å². The molecule has 0 saturated heterocycles. The van der Waals surface area contributed by atoms with Crippen LogP contribution >= 0.6 is 15.9 Å². The van der Waals surface area contributed by atoms with E-state index in [1.165, 1.54) is 6.07 Å². The lowest BCUT2D eigenvalue weighted by molar-refractivity contribution is 0.102. The number of phenolic OH excluding ortho intramolecular Hbond substituents is 1. The summed E-state index contributed by atoms with van der Waals surface area (Å²) in [6.07, 6.45) is 0. The van der Waals surface area contributed by atoms with E-state index in [9.17, 15) is 9.90 Å². The quantitative estimate of drug-likeness (QED) is 0.888. The van der Waals surface area contributed by atoms with Gasteiger partial charge in [-0.1, -0.05) is 18.2 Å². The van der Waals surface area contributed by atoms with Crippen molar-refractivity contribution in [3.8, 4) is 5.75 Å². The molecule has 0 radical (unpaired) electrons. The molecule has 3 nitrogen and oxygen atoms in total. The lowest BCUT2D eigenvalue weighted by Crippen LogP contribution is -2.12. The molecule has 0 bridgehead atoms. The number of carbonyl (C=O) groups excluding carboxylic acids is 1. The van der Waals surface area contributed by atoms with E-state index in [0.717, 1.165) is 10.0 Å². The molecule has 0 heterocycles. The van der Waals surface area contributed by atoms with E-state index >= 15 is 0 Å². The molecule has 0 unspecified atom stereocenters. The van der Waals surface area contributed by atoms with Crippen LogP contribution in [0, 0.1) is 6.92 Å². The predicted molar refractivity (Wildman–Crippen MR) is 74.9 cm³/mol. The minimum atomic E-state index is -0.336. The van der Waals surface area contributed by atoms with Crippen LogP contribution in [0.4, 0.5) is 5.69 Å². The zero-order valence-corrected chi connectivity index (χ0v) is 11.4. The monoisotopic (exact) mass is 305 g/mol. The molecular weight excluding hydrogens is 294 g/mol. The highest BCUT2D eigenvalue weighted by Gasteiger charge is 2.11. The average molecular weight is 306 g/mol. The maximum atomic E-state index is 12.0. The minimum absolute atomic E-state index is 0.0294. The van der Waals surface area contributed by atoms with Crippen LogP contribution in [0.5, 0.6) is 5.75 Å². The highest BCUT2D eigenvalue weighted by molar-refractivity contribution is 9.10. The smallest absolute Gasteiger partial charge is 0.259 e. The molecule has 2 aromatic carbocycles. The van der Waals surface area contributed by atoms with Gasteiger partial charge in [-0.25, -0.2) is 0 Å². The SMILES string of the molecule is Cc1ccc(NC(=O)c2ccccc2O)c(Br)c1. The Morgan fingerprint density at radius 1 is 1.22 bits per heavy atom. The minimum Gasteiger partial charge on any atom is -0.507 e. The van der Waals surface area contributed by atoms with Gasteiger partial charge in [0.05, 0.1) is 11.3 Å². The molecule has 0 atom stereocenters. The Morgan fingerprint density at radius 2 is 1.94 bits per heavy atom. The van der Waals surface area contributed by atoms with E-state index in [1.54, 1.807) is 18.2 Å². The van der Waals surface area contributed by atoms with Gasteiger partial charge in [-0.15, -0.1) is 0 Å². The number of anilines is 1. The fourth-order valence-electron chi connectivity index (χ4n) is 1.58. The summed E-state index contributed by atoms with van der Waals surface area (Å²) in [4.78, 5) is 12.0. The number of aromatic hydroxyl groups is 1. The summed E-state index contributed by atoms with van der Waals surface area (Å²) in [7, 11) is 0. The first-order chi connectivity index (χ1) is 8.58. The number of rotatable bonds is 2. The number of carbonyl (C=O) groups is 1. The number of halogens is 1. The van der Waals surface area contributed by atoms with Crippen molar-refractivity contribution < 1.29 is 9.90 Å². The van der Waals surface area contributed by atoms with Gasteiger partial charge < -0.3 is 10.4 Å². The van der Waals surface area contributed by atoms with Crippen molar-refractivity contribution >= 4 is 27.5 Å². The van der Waals surface area contributed by atoms with Crippen LogP contribution in [-0.4, -0.2) is 11.0 Å². The van der Waals surface area contributed by atoms with Gasteiger partial charge in [-0.05, 0) is 52.7 Å². The Labute approximate surface area is 114 Å². The zero-order chi connectivity index (χ0) is 13.1. The van der Waals surface area contributed by atoms with Crippen molar-refractivity contribution in [2.75, 3.05) is 5.32 Å². The van der Waals surface area contributed by atoms with Crippen molar-refractivity contribution in [1.29, 1.82) is 0 Å². The first-order valence-electron chi connectivity index (χ1n) is 5.43. The largest absolute Gasteiger partial charge is 0.507 e. The van der Waals surface area contributed by atoms with Gasteiger partial charge in [-0.3, -0.25) is 4.79 Å². The van der Waals surface area contributed by atoms with Crippen LogP contribution < -0.4 is 5.32 Å². The summed E-state index contributed by atoms with van der Waals surface area (Å²) >= 11 is 3.39. The third-order valence-corrected chi connectivity index (χ3v) is 3.18. The summed E-state index contributed by atoms with van der Waals surface area (Å²) < 4.78 is 0.811. The number of hydrogen-bond donors (Lipinski definition) is 2. The maximum absolute atomic E-state index is 12.0. The summed E-state index contributed by atoms with van der Waals surface area (Å²) in [6.45, 7) is 1.97. The molecule has 0 aromatic heterocycles. The Hall–Kier alpha value is -1.81. The Kier molecular flexibility index (Phi) is 3.67. The molecule has 1 amide bonds. The number of para-hydroxylation sites is 1. The summed E-state index contributed by atoms with van der Waals surface area (Å²) in [5.41, 5.74) is 2.03. The van der Waals surface area contributed by atoms with E-state index in [1.807, 2.05) is 25.1 Å². The summed E-state index contributed by atoms with van der Waals surface area (Å²) in [6, 6.07) is 12.1. The van der Waals surface area contributed by atoms with Crippen molar-refractivity contribution in [3.05, 3.63) is 58.1 Å². The van der Waals surface area contributed by atoms with Crippen molar-refractivity contribution in [2.24, 2.45) is 0 Å². The molecule has 0 aliphatic rings. The van der Waals surface area contributed by atoms with Gasteiger partial charge in [0.2, 0.25) is 0 Å². The lowest BCUT2D eigenvalue weighted by Gasteiger charge is -2.09. The molecule has 18 heavy (non-hydrogen) atoms. The van der Waals surface area contributed by atoms with Crippen molar-refractivity contribution in [3.63, 3.8) is 0 Å². The zero-order valence-electron chi connectivity index (χ0n) is 9.77. The Morgan fingerprint density at radius 3 is 2.61 bits per heavy atom. The Bertz CT molecular complexity index is 596. The Balaban J connectivity index is 2.24. The number of benzene rings is 2. The van der Waals surface area contributed by atoms with E-state index in [-0.39, 0.29) is 17.2 Å². The fraction of sp³-hybridized carbons (Fsp3) is 0.0714. The fourth-order valence-corrected chi connectivity index (χ4v) is 2.17. The van der Waals surface area contributed by atoms with Crippen LogP contribution in [0.25, 0.3) is 0 Å². The third-order valence-electron chi connectivity index (χ3n) is 2.52. The van der Waals surface area contributed by atoms with Crippen molar-refractivity contribution in [2.45, 2.75) is 6.92 Å². The topological polar surface area (TPSA) is 49.3 Å². The molecule has 0 aliphatic heterocycles. The number of amides is 1. The molecular formula is C14H12BrNO2. The van der Waals surface area contributed by atoms with Gasteiger partial charge in [0, 0.05) is 4.47 Å². The van der Waals surface area contributed by atoms with E-state index < -0.39 is 0 Å². The molecule has 0 saturated carbocycles. The normalized spacial score (nSPS) is 10.1. The lowest BCUT2D eigenvalue weighted by atomic mass is 10.1. The van der Waals surface area contributed by atoms with Gasteiger partial charge in [0.1, 0.15) is 5.75 Å². The van der Waals surface area contributed by atoms with E-state index in [0.29, 0.717) is 5.69 Å². The highest BCUT2D eigenvalue weighted by Crippen LogP contribution is 2.25. The average Bonchev–Trinajstić information content (AvgIpc) is 2.33. The number of hydrogen-bond acceptors (Lipinski definition) is 2. The molecule has 2 N–H and O–H groups in total. The van der Waals surface area contributed by atoms with E-state index in [4.69, 9.17) is 0 Å². The molecule has 92 valence electrons. The van der Waals surface area contributed by atoms with Crippen LogP contribution in [-0.2, 0) is 0 Å². The van der Waals surface area contributed by atoms with Crippen LogP contribution in [0.2, 0.25) is 0 Å². The van der Waals surface area contributed by atoms with Gasteiger partial charge >= 0.3 is 0 Å². The van der Waals surface area contributed by atoms with Gasteiger partial charge in [0.25, 0.3) is 5.91 Å². The molecule has 0 spiro atoms. The second-order valence-electron chi connectivity index (χ2n) is 3.95. The molecule has 0 fully saturated rings.